The molecule has 0 bridgehead atoms. The van der Waals surface area contributed by atoms with Gasteiger partial charge in [-0.2, -0.15) is 0 Å². The first kappa shape index (κ1) is 14.3. The van der Waals surface area contributed by atoms with Gasteiger partial charge in [-0.3, -0.25) is 0 Å². The highest BCUT2D eigenvalue weighted by Gasteiger charge is 2.14. The largest absolute Gasteiger partial charge is 0.478 e. The van der Waals surface area contributed by atoms with E-state index in [4.69, 9.17) is 0 Å². The van der Waals surface area contributed by atoms with Crippen LogP contribution < -0.4 is 4.90 Å². The molecule has 0 saturated carbocycles. The number of carboxylic acids is 1. The molecule has 0 spiro atoms. The summed E-state index contributed by atoms with van der Waals surface area (Å²) in [5.41, 5.74) is 0.202. The fourth-order valence-electron chi connectivity index (χ4n) is 2.14. The van der Waals surface area contributed by atoms with Crippen molar-refractivity contribution < 1.29 is 15.0 Å². The fourth-order valence-corrected chi connectivity index (χ4v) is 2.14. The molecule has 2 N–H and O–H groups in total. The fraction of sp³-hybridized carbons (Fsp3) is 0.333. The molecule has 1 aromatic carbocycles. The average Bonchev–Trinajstić information content (AvgIpc) is 2.43. The first-order valence-electron chi connectivity index (χ1n) is 6.51. The number of benzene rings is 1. The number of aliphatic hydroxyl groups excluding tert-OH is 1. The van der Waals surface area contributed by atoms with E-state index in [0.29, 0.717) is 18.4 Å². The lowest BCUT2D eigenvalue weighted by atomic mass is 10.1. The molecule has 2 aromatic rings. The molecule has 1 aromatic heterocycles. The van der Waals surface area contributed by atoms with Gasteiger partial charge in [-0.25, -0.2) is 9.78 Å². The van der Waals surface area contributed by atoms with Crippen molar-refractivity contribution in [1.29, 1.82) is 0 Å². The SMILES string of the molecule is CC(O)CCN(C)c1ncc(C(=O)O)c2ccccc12. The smallest absolute Gasteiger partial charge is 0.337 e. The van der Waals surface area contributed by atoms with Gasteiger partial charge >= 0.3 is 5.97 Å². The molecular weight excluding hydrogens is 256 g/mol. The predicted molar refractivity (Wildman–Crippen MR) is 78.3 cm³/mol. The minimum atomic E-state index is -0.980. The van der Waals surface area contributed by atoms with Crippen LogP contribution in [0.3, 0.4) is 0 Å². The molecule has 1 heterocycles. The number of hydrogen-bond donors (Lipinski definition) is 2. The third-order valence-electron chi connectivity index (χ3n) is 3.25. The summed E-state index contributed by atoms with van der Waals surface area (Å²) in [5.74, 6) is -0.252. The number of aromatic nitrogens is 1. The van der Waals surface area contributed by atoms with Gasteiger partial charge in [0.1, 0.15) is 5.82 Å². The van der Waals surface area contributed by atoms with E-state index in [1.165, 1.54) is 6.20 Å². The van der Waals surface area contributed by atoms with Crippen molar-refractivity contribution in [2.45, 2.75) is 19.4 Å². The summed E-state index contributed by atoms with van der Waals surface area (Å²) in [5, 5.41) is 20.0. The second kappa shape index (κ2) is 5.88. The van der Waals surface area contributed by atoms with Crippen LogP contribution in [0.1, 0.15) is 23.7 Å². The molecule has 5 nitrogen and oxygen atoms in total. The highest BCUT2D eigenvalue weighted by Crippen LogP contribution is 2.26. The minimum absolute atomic E-state index is 0.202. The van der Waals surface area contributed by atoms with Gasteiger partial charge in [0.2, 0.25) is 0 Å². The lowest BCUT2D eigenvalue weighted by Gasteiger charge is -2.21. The summed E-state index contributed by atoms with van der Waals surface area (Å²) >= 11 is 0. The number of anilines is 1. The molecule has 0 aliphatic rings. The quantitative estimate of drug-likeness (QED) is 0.873. The summed E-state index contributed by atoms with van der Waals surface area (Å²) in [7, 11) is 1.89. The van der Waals surface area contributed by atoms with E-state index in [2.05, 4.69) is 4.98 Å². The molecule has 1 atom stereocenters. The van der Waals surface area contributed by atoms with Gasteiger partial charge in [0.25, 0.3) is 0 Å². The second-order valence-electron chi connectivity index (χ2n) is 4.91. The molecule has 5 heteroatoms. The number of fused-ring (bicyclic) bond motifs is 1. The maximum absolute atomic E-state index is 11.2. The Kier molecular flexibility index (Phi) is 4.20. The summed E-state index contributed by atoms with van der Waals surface area (Å²) in [6.07, 6.45) is 1.65. The number of carboxylic acid groups (broad SMARTS) is 1. The van der Waals surface area contributed by atoms with Crippen molar-refractivity contribution in [2.75, 3.05) is 18.5 Å². The summed E-state index contributed by atoms with van der Waals surface area (Å²) in [6.45, 7) is 2.40. The Morgan fingerprint density at radius 2 is 2.00 bits per heavy atom. The van der Waals surface area contributed by atoms with E-state index < -0.39 is 5.97 Å². The Labute approximate surface area is 117 Å². The summed E-state index contributed by atoms with van der Waals surface area (Å²) < 4.78 is 0. The van der Waals surface area contributed by atoms with Gasteiger partial charge in [0, 0.05) is 30.6 Å². The van der Waals surface area contributed by atoms with Crippen molar-refractivity contribution in [3.63, 3.8) is 0 Å². The molecule has 0 fully saturated rings. The van der Waals surface area contributed by atoms with Crippen molar-refractivity contribution in [1.82, 2.24) is 4.98 Å². The highest BCUT2D eigenvalue weighted by molar-refractivity contribution is 6.06. The zero-order valence-corrected chi connectivity index (χ0v) is 11.6. The van der Waals surface area contributed by atoms with Crippen LogP contribution in [0.15, 0.2) is 30.5 Å². The van der Waals surface area contributed by atoms with E-state index in [1.807, 2.05) is 30.1 Å². The minimum Gasteiger partial charge on any atom is -0.478 e. The summed E-state index contributed by atoms with van der Waals surface area (Å²) in [4.78, 5) is 17.4. The standard InChI is InChI=1S/C15H18N2O3/c1-10(18)7-8-17(2)14-12-6-4-3-5-11(12)13(9-16-14)15(19)20/h3-6,9-10,18H,7-8H2,1-2H3,(H,19,20). The van der Waals surface area contributed by atoms with E-state index in [1.54, 1.807) is 13.0 Å². The second-order valence-corrected chi connectivity index (χ2v) is 4.91. The first-order valence-corrected chi connectivity index (χ1v) is 6.51. The van der Waals surface area contributed by atoms with E-state index in [0.717, 1.165) is 11.2 Å². The molecule has 20 heavy (non-hydrogen) atoms. The van der Waals surface area contributed by atoms with Gasteiger partial charge in [-0.05, 0) is 13.3 Å². The molecule has 1 unspecified atom stereocenters. The van der Waals surface area contributed by atoms with Crippen LogP contribution in [0.4, 0.5) is 5.82 Å². The number of rotatable bonds is 5. The van der Waals surface area contributed by atoms with Crippen molar-refractivity contribution in [3.8, 4) is 0 Å². The van der Waals surface area contributed by atoms with Crippen LogP contribution in [-0.4, -0.2) is 40.9 Å². The van der Waals surface area contributed by atoms with Crippen LogP contribution in [0.25, 0.3) is 10.8 Å². The molecule has 0 aliphatic carbocycles. The lowest BCUT2D eigenvalue weighted by molar-refractivity contribution is 0.0698. The van der Waals surface area contributed by atoms with E-state index in [9.17, 15) is 15.0 Å². The highest BCUT2D eigenvalue weighted by atomic mass is 16.4. The number of pyridine rings is 1. The number of aromatic carboxylic acids is 1. The molecule has 0 radical (unpaired) electrons. The predicted octanol–water partition coefficient (Wildman–Crippen LogP) is 2.14. The Morgan fingerprint density at radius 1 is 1.35 bits per heavy atom. The van der Waals surface area contributed by atoms with Crippen molar-refractivity contribution >= 4 is 22.6 Å². The van der Waals surface area contributed by atoms with Crippen LogP contribution in [0.2, 0.25) is 0 Å². The zero-order chi connectivity index (χ0) is 14.7. The van der Waals surface area contributed by atoms with Gasteiger partial charge in [0.15, 0.2) is 0 Å². The molecule has 0 amide bonds. The monoisotopic (exact) mass is 274 g/mol. The number of nitrogens with zero attached hydrogens (tertiary/aromatic N) is 2. The number of aliphatic hydroxyl groups is 1. The van der Waals surface area contributed by atoms with Gasteiger partial charge in [0.05, 0.1) is 11.7 Å². The lowest BCUT2D eigenvalue weighted by Crippen LogP contribution is -2.23. The first-order chi connectivity index (χ1) is 9.50. The molecule has 0 aliphatic heterocycles. The van der Waals surface area contributed by atoms with Crippen LogP contribution in [-0.2, 0) is 0 Å². The Balaban J connectivity index is 2.45. The Morgan fingerprint density at radius 3 is 2.60 bits per heavy atom. The average molecular weight is 274 g/mol. The molecule has 106 valence electrons. The maximum Gasteiger partial charge on any atom is 0.337 e. The maximum atomic E-state index is 11.2. The normalized spacial score (nSPS) is 12.3. The third-order valence-corrected chi connectivity index (χ3v) is 3.25. The van der Waals surface area contributed by atoms with Crippen LogP contribution in [0.5, 0.6) is 0 Å². The zero-order valence-electron chi connectivity index (χ0n) is 11.6. The topological polar surface area (TPSA) is 73.7 Å². The van der Waals surface area contributed by atoms with Gasteiger partial charge < -0.3 is 15.1 Å². The van der Waals surface area contributed by atoms with Gasteiger partial charge in [-0.1, -0.05) is 24.3 Å². The van der Waals surface area contributed by atoms with Crippen LogP contribution in [0, 0.1) is 0 Å². The van der Waals surface area contributed by atoms with E-state index in [-0.39, 0.29) is 11.7 Å². The molecule has 0 saturated heterocycles. The molecular formula is C15H18N2O3. The van der Waals surface area contributed by atoms with Crippen molar-refractivity contribution in [2.24, 2.45) is 0 Å². The number of carbonyl (C=O) groups is 1. The van der Waals surface area contributed by atoms with E-state index >= 15 is 0 Å². The Bertz CT molecular complexity index is 626. The van der Waals surface area contributed by atoms with Crippen molar-refractivity contribution in [3.05, 3.63) is 36.0 Å². The third kappa shape index (κ3) is 2.88. The Hall–Kier alpha value is -2.14. The summed E-state index contributed by atoms with van der Waals surface area (Å²) in [6, 6.07) is 7.32. The number of hydrogen-bond acceptors (Lipinski definition) is 4. The molecule has 2 rings (SSSR count). The van der Waals surface area contributed by atoms with Crippen LogP contribution >= 0.6 is 0 Å². The van der Waals surface area contributed by atoms with Gasteiger partial charge in [-0.15, -0.1) is 0 Å².